The van der Waals surface area contributed by atoms with E-state index in [4.69, 9.17) is 0 Å². The smallest absolute Gasteiger partial charge is 0.326 e. The minimum absolute atomic E-state index is 0.00321. The number of sulfonamides is 1. The predicted molar refractivity (Wildman–Crippen MR) is 92.7 cm³/mol. The lowest BCUT2D eigenvalue weighted by Gasteiger charge is -2.16. The van der Waals surface area contributed by atoms with Gasteiger partial charge in [-0.25, -0.2) is 17.9 Å². The van der Waals surface area contributed by atoms with Crippen LogP contribution in [0.2, 0.25) is 0 Å². The van der Waals surface area contributed by atoms with Gasteiger partial charge in [-0.3, -0.25) is 4.79 Å². The lowest BCUT2D eigenvalue weighted by Crippen LogP contribution is -2.41. The molecule has 138 valence electrons. The highest BCUT2D eigenvalue weighted by Gasteiger charge is 2.25. The minimum atomic E-state index is -3.68. The third kappa shape index (κ3) is 5.82. The fourth-order valence-corrected chi connectivity index (χ4v) is 3.53. The van der Waals surface area contributed by atoms with Gasteiger partial charge < -0.3 is 10.4 Å². The first kappa shape index (κ1) is 19.4. The molecule has 25 heavy (non-hydrogen) atoms. The molecule has 1 fully saturated rings. The van der Waals surface area contributed by atoms with Crippen molar-refractivity contribution in [3.8, 4) is 0 Å². The van der Waals surface area contributed by atoms with Crippen LogP contribution < -0.4 is 10.0 Å². The first-order valence-corrected chi connectivity index (χ1v) is 9.80. The molecule has 1 aromatic carbocycles. The van der Waals surface area contributed by atoms with E-state index in [2.05, 4.69) is 10.0 Å². The SMILES string of the molecule is CC(C)C[C@H](NC(=O)c1cccc(S(=O)(=O)NCC2CC2)c1)C(=O)O. The van der Waals surface area contributed by atoms with E-state index in [9.17, 15) is 23.1 Å². The van der Waals surface area contributed by atoms with Gasteiger partial charge >= 0.3 is 5.97 Å². The summed E-state index contributed by atoms with van der Waals surface area (Å²) in [6, 6.07) is 4.59. The first-order valence-electron chi connectivity index (χ1n) is 8.32. The molecule has 7 nitrogen and oxygen atoms in total. The number of hydrogen-bond donors (Lipinski definition) is 3. The van der Waals surface area contributed by atoms with Crippen LogP contribution in [0.4, 0.5) is 0 Å². The Morgan fingerprint density at radius 3 is 2.52 bits per heavy atom. The second-order valence-electron chi connectivity index (χ2n) is 6.82. The Balaban J connectivity index is 2.10. The molecule has 8 heteroatoms. The molecular weight excluding hydrogens is 344 g/mol. The molecule has 1 aliphatic carbocycles. The zero-order valence-corrected chi connectivity index (χ0v) is 15.2. The van der Waals surface area contributed by atoms with Gasteiger partial charge in [0.05, 0.1) is 4.90 Å². The van der Waals surface area contributed by atoms with E-state index in [1.54, 1.807) is 0 Å². The number of carboxylic acid groups (broad SMARTS) is 1. The minimum Gasteiger partial charge on any atom is -0.480 e. The van der Waals surface area contributed by atoms with E-state index < -0.39 is 27.9 Å². The van der Waals surface area contributed by atoms with Crippen LogP contribution in [-0.4, -0.2) is 38.0 Å². The number of rotatable bonds is 9. The lowest BCUT2D eigenvalue weighted by atomic mass is 10.0. The number of benzene rings is 1. The van der Waals surface area contributed by atoms with Crippen molar-refractivity contribution in [3.63, 3.8) is 0 Å². The summed E-state index contributed by atoms with van der Waals surface area (Å²) in [5, 5.41) is 11.7. The zero-order valence-electron chi connectivity index (χ0n) is 14.4. The molecule has 3 N–H and O–H groups in total. The van der Waals surface area contributed by atoms with Gasteiger partial charge in [-0.2, -0.15) is 0 Å². The van der Waals surface area contributed by atoms with Gasteiger partial charge in [-0.1, -0.05) is 19.9 Å². The lowest BCUT2D eigenvalue weighted by molar-refractivity contribution is -0.139. The molecule has 0 aliphatic heterocycles. The van der Waals surface area contributed by atoms with Gasteiger partial charge in [0, 0.05) is 12.1 Å². The van der Waals surface area contributed by atoms with Crippen molar-refractivity contribution in [1.29, 1.82) is 0 Å². The highest BCUT2D eigenvalue weighted by atomic mass is 32.2. The maximum absolute atomic E-state index is 12.3. The van der Waals surface area contributed by atoms with E-state index in [1.165, 1.54) is 24.3 Å². The Kier molecular flexibility index (Phi) is 6.18. The van der Waals surface area contributed by atoms with E-state index in [0.29, 0.717) is 18.9 Å². The van der Waals surface area contributed by atoms with Gasteiger partial charge in [0.1, 0.15) is 6.04 Å². The molecular formula is C17H24N2O5S. The van der Waals surface area contributed by atoms with Crippen LogP contribution >= 0.6 is 0 Å². The molecule has 1 aliphatic rings. The third-order valence-corrected chi connectivity index (χ3v) is 5.40. The van der Waals surface area contributed by atoms with Crippen LogP contribution in [0, 0.1) is 11.8 Å². The summed E-state index contributed by atoms with van der Waals surface area (Å²) < 4.78 is 27.1. The largest absolute Gasteiger partial charge is 0.480 e. The van der Waals surface area contributed by atoms with Gasteiger partial charge in [0.15, 0.2) is 0 Å². The topological polar surface area (TPSA) is 113 Å². The van der Waals surface area contributed by atoms with Crippen molar-refractivity contribution in [2.75, 3.05) is 6.54 Å². The highest BCUT2D eigenvalue weighted by molar-refractivity contribution is 7.89. The molecule has 0 saturated heterocycles. The predicted octanol–water partition coefficient (Wildman–Crippen LogP) is 1.60. The molecule has 0 radical (unpaired) electrons. The number of nitrogens with one attached hydrogen (secondary N) is 2. The Labute approximate surface area is 147 Å². The Bertz CT molecular complexity index is 741. The number of carbonyl (C=O) groups is 2. The summed E-state index contributed by atoms with van der Waals surface area (Å²) in [4.78, 5) is 23.6. The molecule has 2 rings (SSSR count). The summed E-state index contributed by atoms with van der Waals surface area (Å²) in [6.07, 6.45) is 2.34. The molecule has 0 heterocycles. The average molecular weight is 368 g/mol. The second-order valence-corrected chi connectivity index (χ2v) is 8.58. The van der Waals surface area contributed by atoms with E-state index in [-0.39, 0.29) is 16.4 Å². The molecule has 1 atom stereocenters. The average Bonchev–Trinajstić information content (AvgIpc) is 3.36. The van der Waals surface area contributed by atoms with Crippen molar-refractivity contribution >= 4 is 21.9 Å². The molecule has 1 amide bonds. The summed E-state index contributed by atoms with van der Waals surface area (Å²) in [6.45, 7) is 4.12. The van der Waals surface area contributed by atoms with E-state index in [1.807, 2.05) is 13.8 Å². The second kappa shape index (κ2) is 7.97. The Morgan fingerprint density at radius 1 is 1.28 bits per heavy atom. The maximum Gasteiger partial charge on any atom is 0.326 e. The number of amides is 1. The highest BCUT2D eigenvalue weighted by Crippen LogP contribution is 2.28. The number of carbonyl (C=O) groups excluding carboxylic acids is 1. The third-order valence-electron chi connectivity index (χ3n) is 3.98. The van der Waals surface area contributed by atoms with Gasteiger partial charge in [0.25, 0.3) is 5.91 Å². The van der Waals surface area contributed by atoms with Crippen LogP contribution in [-0.2, 0) is 14.8 Å². The molecule has 0 aromatic heterocycles. The van der Waals surface area contributed by atoms with Crippen molar-refractivity contribution in [2.45, 2.75) is 44.0 Å². The summed E-state index contributed by atoms with van der Waals surface area (Å²) in [5.74, 6) is -1.22. The summed E-state index contributed by atoms with van der Waals surface area (Å²) in [5.41, 5.74) is 0.115. The van der Waals surface area contributed by atoms with Gasteiger partial charge in [0.2, 0.25) is 10.0 Å². The Morgan fingerprint density at radius 2 is 1.96 bits per heavy atom. The van der Waals surface area contributed by atoms with Crippen LogP contribution in [0.3, 0.4) is 0 Å². The van der Waals surface area contributed by atoms with Gasteiger partial charge in [-0.15, -0.1) is 0 Å². The van der Waals surface area contributed by atoms with E-state index >= 15 is 0 Å². The van der Waals surface area contributed by atoms with Crippen molar-refractivity contribution in [3.05, 3.63) is 29.8 Å². The Hall–Kier alpha value is -1.93. The molecule has 0 bridgehead atoms. The monoisotopic (exact) mass is 368 g/mol. The molecule has 1 aromatic rings. The van der Waals surface area contributed by atoms with Crippen molar-refractivity contribution in [2.24, 2.45) is 11.8 Å². The number of aliphatic carboxylic acids is 1. The van der Waals surface area contributed by atoms with Crippen LogP contribution in [0.15, 0.2) is 29.2 Å². The first-order chi connectivity index (χ1) is 11.7. The number of carboxylic acids is 1. The maximum atomic E-state index is 12.3. The number of hydrogen-bond acceptors (Lipinski definition) is 4. The van der Waals surface area contributed by atoms with Crippen LogP contribution in [0.25, 0.3) is 0 Å². The van der Waals surface area contributed by atoms with Crippen LogP contribution in [0.1, 0.15) is 43.5 Å². The van der Waals surface area contributed by atoms with Gasteiger partial charge in [-0.05, 0) is 49.3 Å². The zero-order chi connectivity index (χ0) is 18.6. The van der Waals surface area contributed by atoms with Crippen molar-refractivity contribution < 1.29 is 23.1 Å². The fourth-order valence-electron chi connectivity index (χ4n) is 2.37. The molecule has 0 spiro atoms. The molecule has 0 unspecified atom stereocenters. The van der Waals surface area contributed by atoms with E-state index in [0.717, 1.165) is 12.8 Å². The quantitative estimate of drug-likeness (QED) is 0.613. The normalized spacial score (nSPS) is 15.8. The van der Waals surface area contributed by atoms with Crippen LogP contribution in [0.5, 0.6) is 0 Å². The summed E-state index contributed by atoms with van der Waals surface area (Å²) in [7, 11) is -3.68. The summed E-state index contributed by atoms with van der Waals surface area (Å²) >= 11 is 0. The van der Waals surface area contributed by atoms with Crippen molar-refractivity contribution in [1.82, 2.24) is 10.0 Å². The standard InChI is InChI=1S/C17H24N2O5S/c1-11(2)8-15(17(21)22)19-16(20)13-4-3-5-14(9-13)25(23,24)18-10-12-6-7-12/h3-5,9,11-12,15,18H,6-8,10H2,1-2H3,(H,19,20)(H,21,22)/t15-/m0/s1. The molecule has 1 saturated carbocycles. The fraction of sp³-hybridized carbons (Fsp3) is 0.529.